The van der Waals surface area contributed by atoms with Crippen molar-refractivity contribution >= 4 is 11.8 Å². The van der Waals surface area contributed by atoms with E-state index in [0.717, 1.165) is 24.1 Å². The highest BCUT2D eigenvalue weighted by atomic mass is 16.2. The summed E-state index contributed by atoms with van der Waals surface area (Å²) >= 11 is 0. The largest absolute Gasteiger partial charge is 0.352 e. The normalized spacial score (nSPS) is 16.9. The van der Waals surface area contributed by atoms with Gasteiger partial charge in [0.05, 0.1) is 11.7 Å². The summed E-state index contributed by atoms with van der Waals surface area (Å²) in [5, 5.41) is 6.89. The molecule has 1 N–H and O–H groups in total. The first-order valence-corrected chi connectivity index (χ1v) is 8.38. The van der Waals surface area contributed by atoms with Crippen molar-refractivity contribution in [2.24, 2.45) is 0 Å². The number of likely N-dealkylation sites (tertiary alicyclic amines) is 1. The average Bonchev–Trinajstić information content (AvgIpc) is 3.24. The monoisotopic (exact) mass is 342 g/mol. The maximum Gasteiger partial charge on any atom is 0.244 e. The van der Waals surface area contributed by atoms with Gasteiger partial charge in [-0.15, -0.1) is 0 Å². The third-order valence-corrected chi connectivity index (χ3v) is 4.29. The van der Waals surface area contributed by atoms with Crippen molar-refractivity contribution in [1.29, 1.82) is 0 Å². The third kappa shape index (κ3) is 4.01. The minimum absolute atomic E-state index is 0.0212. The van der Waals surface area contributed by atoms with Crippen LogP contribution >= 0.6 is 0 Å². The lowest BCUT2D eigenvalue weighted by atomic mass is 10.1. The van der Waals surface area contributed by atoms with Gasteiger partial charge in [0.2, 0.25) is 11.8 Å². The van der Waals surface area contributed by atoms with E-state index in [-0.39, 0.29) is 24.4 Å². The zero-order valence-electron chi connectivity index (χ0n) is 14.5. The molecule has 0 aliphatic carbocycles. The zero-order chi connectivity index (χ0) is 17.8. The molecule has 3 heterocycles. The molecular formula is C17H22N6O2. The van der Waals surface area contributed by atoms with Crippen LogP contribution in [0.25, 0.3) is 0 Å². The van der Waals surface area contributed by atoms with E-state index in [9.17, 15) is 9.59 Å². The van der Waals surface area contributed by atoms with Gasteiger partial charge >= 0.3 is 0 Å². The summed E-state index contributed by atoms with van der Waals surface area (Å²) in [5.74, 6) is 0.574. The van der Waals surface area contributed by atoms with E-state index in [2.05, 4.69) is 20.4 Å². The Hall–Kier alpha value is -2.77. The number of amides is 2. The second-order valence-electron chi connectivity index (χ2n) is 6.19. The van der Waals surface area contributed by atoms with Gasteiger partial charge in [-0.05, 0) is 25.8 Å². The van der Waals surface area contributed by atoms with Crippen molar-refractivity contribution in [1.82, 2.24) is 30.0 Å². The second kappa shape index (κ2) is 7.42. The molecule has 0 bridgehead atoms. The van der Waals surface area contributed by atoms with Crippen LogP contribution in [0.3, 0.4) is 0 Å². The summed E-state index contributed by atoms with van der Waals surface area (Å²) in [7, 11) is 0. The number of aryl methyl sites for hydroxylation is 1. The van der Waals surface area contributed by atoms with Gasteiger partial charge in [0.25, 0.3) is 0 Å². The first kappa shape index (κ1) is 17.1. The van der Waals surface area contributed by atoms with Gasteiger partial charge in [0, 0.05) is 44.2 Å². The van der Waals surface area contributed by atoms with Gasteiger partial charge in [0.15, 0.2) is 0 Å². The predicted molar refractivity (Wildman–Crippen MR) is 90.2 cm³/mol. The Bertz CT molecular complexity index is 759. The molecule has 1 atom stereocenters. The molecule has 3 rings (SSSR count). The molecule has 0 saturated carbocycles. The van der Waals surface area contributed by atoms with Crippen LogP contribution in [0.15, 0.2) is 24.7 Å². The number of nitrogens with one attached hydrogen (secondary N) is 1. The van der Waals surface area contributed by atoms with Gasteiger partial charge in [-0.2, -0.15) is 5.10 Å². The number of nitrogens with zero attached hydrogens (tertiary/aromatic N) is 5. The van der Waals surface area contributed by atoms with Gasteiger partial charge < -0.3 is 10.2 Å². The Morgan fingerprint density at radius 2 is 2.24 bits per heavy atom. The molecule has 8 nitrogen and oxygen atoms in total. The van der Waals surface area contributed by atoms with Crippen molar-refractivity contribution in [2.75, 3.05) is 6.54 Å². The lowest BCUT2D eigenvalue weighted by Crippen LogP contribution is -2.35. The Kier molecular flexibility index (Phi) is 5.06. The zero-order valence-corrected chi connectivity index (χ0v) is 14.5. The van der Waals surface area contributed by atoms with E-state index < -0.39 is 0 Å². The van der Waals surface area contributed by atoms with Crippen LogP contribution in [0.1, 0.15) is 42.9 Å². The van der Waals surface area contributed by atoms with Crippen molar-refractivity contribution in [3.05, 3.63) is 41.7 Å². The fourth-order valence-corrected chi connectivity index (χ4v) is 3.13. The number of aromatic nitrogens is 4. The number of hydrogen-bond donors (Lipinski definition) is 1. The number of rotatable bonds is 5. The quantitative estimate of drug-likeness (QED) is 0.874. The van der Waals surface area contributed by atoms with E-state index in [1.165, 1.54) is 6.92 Å². The van der Waals surface area contributed by atoms with E-state index in [4.69, 9.17) is 0 Å². The lowest BCUT2D eigenvalue weighted by molar-refractivity contribution is -0.133. The number of hydrogen-bond acceptors (Lipinski definition) is 5. The molecule has 2 amide bonds. The van der Waals surface area contributed by atoms with Crippen LogP contribution in [0.4, 0.5) is 0 Å². The van der Waals surface area contributed by atoms with Crippen molar-refractivity contribution in [3.8, 4) is 0 Å². The Morgan fingerprint density at radius 3 is 2.96 bits per heavy atom. The van der Waals surface area contributed by atoms with Crippen molar-refractivity contribution in [2.45, 2.75) is 45.8 Å². The molecule has 25 heavy (non-hydrogen) atoms. The summed E-state index contributed by atoms with van der Waals surface area (Å²) in [6.07, 6.45) is 6.96. The molecule has 2 aromatic heterocycles. The molecule has 1 aliphatic rings. The highest BCUT2D eigenvalue weighted by molar-refractivity contribution is 5.77. The van der Waals surface area contributed by atoms with Crippen LogP contribution in [0, 0.1) is 6.92 Å². The maximum absolute atomic E-state index is 12.7. The molecule has 1 unspecified atom stereocenters. The van der Waals surface area contributed by atoms with E-state index in [1.807, 2.05) is 11.8 Å². The molecule has 0 aromatic carbocycles. The average molecular weight is 342 g/mol. The molecule has 1 fully saturated rings. The molecule has 0 spiro atoms. The van der Waals surface area contributed by atoms with Gasteiger partial charge in [0.1, 0.15) is 12.4 Å². The van der Waals surface area contributed by atoms with Gasteiger partial charge in [-0.3, -0.25) is 14.3 Å². The molecule has 132 valence electrons. The topological polar surface area (TPSA) is 93.0 Å². The Morgan fingerprint density at radius 1 is 1.40 bits per heavy atom. The number of carbonyl (C=O) groups is 2. The van der Waals surface area contributed by atoms with Gasteiger partial charge in [-0.1, -0.05) is 0 Å². The minimum Gasteiger partial charge on any atom is -0.352 e. The molecule has 1 aliphatic heterocycles. The summed E-state index contributed by atoms with van der Waals surface area (Å²) in [6, 6.07) is 1.71. The maximum atomic E-state index is 12.7. The first-order valence-electron chi connectivity index (χ1n) is 8.38. The fourth-order valence-electron chi connectivity index (χ4n) is 3.13. The first-order chi connectivity index (χ1) is 12.0. The summed E-state index contributed by atoms with van der Waals surface area (Å²) in [5.41, 5.74) is 1.68. The third-order valence-electron chi connectivity index (χ3n) is 4.29. The smallest absolute Gasteiger partial charge is 0.244 e. The highest BCUT2D eigenvalue weighted by Gasteiger charge is 2.32. The van der Waals surface area contributed by atoms with Crippen LogP contribution in [0.5, 0.6) is 0 Å². The van der Waals surface area contributed by atoms with E-state index in [1.54, 1.807) is 29.3 Å². The summed E-state index contributed by atoms with van der Waals surface area (Å²) in [6.45, 7) is 4.59. The molecular weight excluding hydrogens is 320 g/mol. The van der Waals surface area contributed by atoms with Crippen LogP contribution < -0.4 is 5.32 Å². The molecule has 8 heteroatoms. The Labute approximate surface area is 146 Å². The standard InChI is InChI=1S/C17H22N6O2/c1-12-18-9-14(10-19-13(2)24)17(21-12)15-5-3-8-23(15)16(25)11-22-7-4-6-20-22/h4,6-7,9,15H,3,5,8,10-11H2,1-2H3,(H,19,24). The Balaban J connectivity index is 1.82. The minimum atomic E-state index is -0.107. The van der Waals surface area contributed by atoms with Crippen LogP contribution in [-0.4, -0.2) is 43.0 Å². The fraction of sp³-hybridized carbons (Fsp3) is 0.471. The highest BCUT2D eigenvalue weighted by Crippen LogP contribution is 2.32. The van der Waals surface area contributed by atoms with E-state index in [0.29, 0.717) is 18.9 Å². The lowest BCUT2D eigenvalue weighted by Gasteiger charge is -2.26. The van der Waals surface area contributed by atoms with Crippen molar-refractivity contribution < 1.29 is 9.59 Å². The summed E-state index contributed by atoms with van der Waals surface area (Å²) in [4.78, 5) is 34.6. The SMILES string of the molecule is CC(=O)NCc1cnc(C)nc1C1CCCN1C(=O)Cn1cccn1. The molecule has 2 aromatic rings. The van der Waals surface area contributed by atoms with Crippen LogP contribution in [-0.2, 0) is 22.7 Å². The van der Waals surface area contributed by atoms with E-state index >= 15 is 0 Å². The number of carbonyl (C=O) groups excluding carboxylic acids is 2. The van der Waals surface area contributed by atoms with Crippen molar-refractivity contribution in [3.63, 3.8) is 0 Å². The molecule has 0 radical (unpaired) electrons. The molecule has 1 saturated heterocycles. The van der Waals surface area contributed by atoms with Crippen LogP contribution in [0.2, 0.25) is 0 Å². The van der Waals surface area contributed by atoms with Gasteiger partial charge in [-0.25, -0.2) is 9.97 Å². The summed E-state index contributed by atoms with van der Waals surface area (Å²) < 4.78 is 1.63. The predicted octanol–water partition coefficient (Wildman–Crippen LogP) is 0.981. The second-order valence-corrected chi connectivity index (χ2v) is 6.19.